The number of piperazine rings is 1. The molecule has 0 aliphatic carbocycles. The highest BCUT2D eigenvalue weighted by Crippen LogP contribution is 2.20. The van der Waals surface area contributed by atoms with E-state index in [-0.39, 0.29) is 11.9 Å². The van der Waals surface area contributed by atoms with Gasteiger partial charge in [0.1, 0.15) is 17.9 Å². The smallest absolute Gasteiger partial charge is 0.323 e. The fourth-order valence-corrected chi connectivity index (χ4v) is 2.96. The number of hydrogen-bond acceptors (Lipinski definition) is 6. The molecule has 0 bridgehead atoms. The number of rotatable bonds is 4. The number of carbonyl (C=O) groups is 2. The second kappa shape index (κ2) is 8.55. The molecule has 1 fully saturated rings. The number of benzene rings is 1. The molecule has 1 aliphatic heterocycles. The van der Waals surface area contributed by atoms with Gasteiger partial charge in [-0.2, -0.15) is 0 Å². The zero-order valence-electron chi connectivity index (χ0n) is 16.1. The number of methoxy groups -OCH3 is 2. The summed E-state index contributed by atoms with van der Waals surface area (Å²) in [6.45, 7) is 3.70. The zero-order chi connectivity index (χ0) is 20.1. The first-order valence-electron chi connectivity index (χ1n) is 8.87. The maximum Gasteiger partial charge on any atom is 0.323 e. The number of nitrogens with zero attached hydrogens (tertiary/aromatic N) is 4. The Bertz CT molecular complexity index is 865. The van der Waals surface area contributed by atoms with Crippen LogP contribution in [0.3, 0.4) is 0 Å². The van der Waals surface area contributed by atoms with Crippen LogP contribution < -0.4 is 14.8 Å². The highest BCUT2D eigenvalue weighted by Gasteiger charge is 2.25. The van der Waals surface area contributed by atoms with Crippen LogP contribution in [0.2, 0.25) is 0 Å². The number of aromatic nitrogens is 2. The molecule has 0 spiro atoms. The molecular formula is C19H23N5O4. The van der Waals surface area contributed by atoms with E-state index in [1.165, 1.54) is 13.4 Å². The number of amides is 3. The van der Waals surface area contributed by atoms with E-state index >= 15 is 0 Å². The van der Waals surface area contributed by atoms with E-state index in [4.69, 9.17) is 9.47 Å². The predicted molar refractivity (Wildman–Crippen MR) is 103 cm³/mol. The SMILES string of the molecule is COc1cc(NC(=O)N2CCN(C(=O)c3ccc(C)c(OC)c3)CC2)ncn1. The number of urea groups is 1. The third kappa shape index (κ3) is 4.30. The van der Waals surface area contributed by atoms with Gasteiger partial charge in [0, 0.05) is 37.8 Å². The molecule has 1 aromatic heterocycles. The van der Waals surface area contributed by atoms with Crippen molar-refractivity contribution in [2.75, 3.05) is 45.7 Å². The van der Waals surface area contributed by atoms with Gasteiger partial charge in [-0.05, 0) is 24.6 Å². The Hall–Kier alpha value is -3.36. The lowest BCUT2D eigenvalue weighted by Gasteiger charge is -2.34. The van der Waals surface area contributed by atoms with Gasteiger partial charge in [-0.15, -0.1) is 0 Å². The standard InChI is InChI=1S/C19H23N5O4/c1-13-4-5-14(10-15(13)27-2)18(25)23-6-8-24(9-7-23)19(26)22-16-11-17(28-3)21-12-20-16/h4-5,10-12H,6-9H2,1-3H3,(H,20,21,22,26). The van der Waals surface area contributed by atoms with Crippen LogP contribution in [0.5, 0.6) is 11.6 Å². The van der Waals surface area contributed by atoms with Crippen LogP contribution in [0.25, 0.3) is 0 Å². The van der Waals surface area contributed by atoms with Gasteiger partial charge in [-0.1, -0.05) is 6.07 Å². The molecule has 2 heterocycles. The van der Waals surface area contributed by atoms with Gasteiger partial charge in [0.05, 0.1) is 14.2 Å². The minimum Gasteiger partial charge on any atom is -0.496 e. The van der Waals surface area contributed by atoms with Crippen LogP contribution >= 0.6 is 0 Å². The third-order valence-electron chi connectivity index (χ3n) is 4.60. The van der Waals surface area contributed by atoms with Gasteiger partial charge < -0.3 is 19.3 Å². The summed E-state index contributed by atoms with van der Waals surface area (Å²) in [6.07, 6.45) is 1.32. The van der Waals surface area contributed by atoms with Crippen LogP contribution in [0.4, 0.5) is 10.6 Å². The van der Waals surface area contributed by atoms with Crippen molar-refractivity contribution in [3.8, 4) is 11.6 Å². The molecule has 9 nitrogen and oxygen atoms in total. The number of nitrogens with one attached hydrogen (secondary N) is 1. The molecule has 0 saturated carbocycles. The summed E-state index contributed by atoms with van der Waals surface area (Å²) in [5.74, 6) is 1.35. The van der Waals surface area contributed by atoms with Crippen molar-refractivity contribution in [1.82, 2.24) is 19.8 Å². The minimum absolute atomic E-state index is 0.0705. The van der Waals surface area contributed by atoms with Gasteiger partial charge in [0.15, 0.2) is 0 Å². The van der Waals surface area contributed by atoms with Crippen LogP contribution in [0.1, 0.15) is 15.9 Å². The van der Waals surface area contributed by atoms with E-state index in [1.54, 1.807) is 35.1 Å². The van der Waals surface area contributed by atoms with Crippen LogP contribution in [-0.2, 0) is 0 Å². The van der Waals surface area contributed by atoms with Crippen molar-refractivity contribution >= 4 is 17.8 Å². The first kappa shape index (κ1) is 19.4. The van der Waals surface area contributed by atoms with Gasteiger partial charge in [-0.3, -0.25) is 10.1 Å². The van der Waals surface area contributed by atoms with Gasteiger partial charge in [-0.25, -0.2) is 14.8 Å². The van der Waals surface area contributed by atoms with Gasteiger partial charge in [0.25, 0.3) is 5.91 Å². The fraction of sp³-hybridized carbons (Fsp3) is 0.368. The average molecular weight is 385 g/mol. The normalized spacial score (nSPS) is 13.8. The Kier molecular flexibility index (Phi) is 5.93. The summed E-state index contributed by atoms with van der Waals surface area (Å²) in [6, 6.07) is 6.68. The highest BCUT2D eigenvalue weighted by atomic mass is 16.5. The average Bonchev–Trinajstić information content (AvgIpc) is 2.73. The number of anilines is 1. The van der Waals surface area contributed by atoms with Gasteiger partial charge >= 0.3 is 6.03 Å². The molecule has 3 amide bonds. The molecule has 1 aliphatic rings. The quantitative estimate of drug-likeness (QED) is 0.862. The second-order valence-electron chi connectivity index (χ2n) is 6.34. The summed E-state index contributed by atoms with van der Waals surface area (Å²) in [7, 11) is 3.08. The molecule has 1 saturated heterocycles. The Morgan fingerprint density at radius 1 is 1.00 bits per heavy atom. The largest absolute Gasteiger partial charge is 0.496 e. The fourth-order valence-electron chi connectivity index (χ4n) is 2.96. The zero-order valence-corrected chi connectivity index (χ0v) is 16.1. The van der Waals surface area contributed by atoms with Crippen LogP contribution in [0, 0.1) is 6.92 Å². The summed E-state index contributed by atoms with van der Waals surface area (Å²) in [5, 5.41) is 2.72. The summed E-state index contributed by atoms with van der Waals surface area (Å²) >= 11 is 0. The second-order valence-corrected chi connectivity index (χ2v) is 6.34. The topological polar surface area (TPSA) is 96.9 Å². The van der Waals surface area contributed by atoms with Crippen molar-refractivity contribution < 1.29 is 19.1 Å². The van der Waals surface area contributed by atoms with Crippen molar-refractivity contribution in [3.05, 3.63) is 41.7 Å². The van der Waals surface area contributed by atoms with E-state index in [0.29, 0.717) is 49.2 Å². The van der Waals surface area contributed by atoms with Crippen molar-refractivity contribution in [2.24, 2.45) is 0 Å². The summed E-state index contributed by atoms with van der Waals surface area (Å²) < 4.78 is 10.3. The maximum absolute atomic E-state index is 12.7. The van der Waals surface area contributed by atoms with E-state index in [0.717, 1.165) is 5.56 Å². The summed E-state index contributed by atoms with van der Waals surface area (Å²) in [5.41, 5.74) is 1.55. The molecule has 2 aromatic rings. The summed E-state index contributed by atoms with van der Waals surface area (Å²) in [4.78, 5) is 36.5. The number of carbonyl (C=O) groups excluding carboxylic acids is 2. The minimum atomic E-state index is -0.273. The third-order valence-corrected chi connectivity index (χ3v) is 4.60. The number of ether oxygens (including phenoxy) is 2. The Morgan fingerprint density at radius 3 is 2.39 bits per heavy atom. The Labute approximate surface area is 163 Å². The molecule has 28 heavy (non-hydrogen) atoms. The van der Waals surface area contributed by atoms with E-state index in [9.17, 15) is 9.59 Å². The maximum atomic E-state index is 12.7. The number of aryl methyl sites for hydroxylation is 1. The van der Waals surface area contributed by atoms with Crippen LogP contribution in [0.15, 0.2) is 30.6 Å². The number of hydrogen-bond donors (Lipinski definition) is 1. The molecule has 3 rings (SSSR count). The highest BCUT2D eigenvalue weighted by molar-refractivity contribution is 5.95. The molecule has 0 unspecified atom stereocenters. The van der Waals surface area contributed by atoms with E-state index < -0.39 is 0 Å². The molecule has 9 heteroatoms. The molecule has 0 atom stereocenters. The van der Waals surface area contributed by atoms with E-state index in [1.807, 2.05) is 13.0 Å². The Morgan fingerprint density at radius 2 is 1.71 bits per heavy atom. The molecule has 1 aromatic carbocycles. The lowest BCUT2D eigenvalue weighted by atomic mass is 10.1. The molecule has 148 valence electrons. The molecule has 0 radical (unpaired) electrons. The monoisotopic (exact) mass is 385 g/mol. The van der Waals surface area contributed by atoms with Crippen molar-refractivity contribution in [1.29, 1.82) is 0 Å². The predicted octanol–water partition coefficient (Wildman–Crippen LogP) is 1.79. The first-order chi connectivity index (χ1) is 13.5. The Balaban J connectivity index is 1.57. The lowest BCUT2D eigenvalue weighted by molar-refractivity contribution is 0.0671. The first-order valence-corrected chi connectivity index (χ1v) is 8.87. The van der Waals surface area contributed by atoms with Gasteiger partial charge in [0.2, 0.25) is 5.88 Å². The van der Waals surface area contributed by atoms with Crippen LogP contribution in [-0.4, -0.2) is 72.1 Å². The van der Waals surface area contributed by atoms with Crippen molar-refractivity contribution in [2.45, 2.75) is 6.92 Å². The van der Waals surface area contributed by atoms with Crippen molar-refractivity contribution in [3.63, 3.8) is 0 Å². The lowest BCUT2D eigenvalue weighted by Crippen LogP contribution is -2.51. The molecule has 1 N–H and O–H groups in total. The van der Waals surface area contributed by atoms with E-state index in [2.05, 4.69) is 15.3 Å². The molecular weight excluding hydrogens is 362 g/mol.